The first-order chi connectivity index (χ1) is 11.3. The molecule has 0 aliphatic rings. The number of nitrogens with zero attached hydrogens (tertiary/aromatic N) is 1. The van der Waals surface area contributed by atoms with Gasteiger partial charge in [0.15, 0.2) is 0 Å². The van der Waals surface area contributed by atoms with Gasteiger partial charge in [0, 0.05) is 11.4 Å². The highest BCUT2D eigenvalue weighted by Crippen LogP contribution is 2.20. The maximum atomic E-state index is 12.8. The number of amides is 1. The Morgan fingerprint density at radius 2 is 2.00 bits per heavy atom. The van der Waals surface area contributed by atoms with E-state index < -0.39 is 10.0 Å². The number of carbonyl (C=O) groups is 1. The number of aryl methyl sites for hydroxylation is 2. The fraction of sp³-hybridized carbons (Fsp3) is 0.353. The van der Waals surface area contributed by atoms with Crippen LogP contribution in [0.5, 0.6) is 0 Å². The second-order valence-electron chi connectivity index (χ2n) is 5.56. The molecule has 0 spiro atoms. The van der Waals surface area contributed by atoms with E-state index in [1.54, 1.807) is 37.3 Å². The molecule has 130 valence electrons. The zero-order chi connectivity index (χ0) is 17.7. The van der Waals surface area contributed by atoms with Gasteiger partial charge in [0.2, 0.25) is 15.9 Å². The third-order valence-corrected chi connectivity index (χ3v) is 6.62. The van der Waals surface area contributed by atoms with Gasteiger partial charge < -0.3 is 5.32 Å². The van der Waals surface area contributed by atoms with Gasteiger partial charge in [0.25, 0.3) is 0 Å². The maximum absolute atomic E-state index is 12.8. The molecule has 0 saturated heterocycles. The second kappa shape index (κ2) is 7.92. The predicted molar refractivity (Wildman–Crippen MR) is 96.5 cm³/mol. The van der Waals surface area contributed by atoms with Crippen LogP contribution >= 0.6 is 11.3 Å². The summed E-state index contributed by atoms with van der Waals surface area (Å²) in [6.45, 7) is 5.88. The molecule has 0 bridgehead atoms. The molecule has 1 amide bonds. The molecule has 0 atom stereocenters. The number of rotatable bonds is 7. The number of hydrogen-bond donors (Lipinski definition) is 1. The summed E-state index contributed by atoms with van der Waals surface area (Å²) >= 11 is 1.55. The zero-order valence-electron chi connectivity index (χ0n) is 14.1. The molecule has 1 aromatic heterocycles. The number of nitrogens with one attached hydrogen (secondary N) is 1. The standard InChI is InChI=1S/C17H22N2O3S2/c1-4-19(12-17(20)18-11-15-6-5-9-23-15)24(21,22)16-8-7-13(2)10-14(16)3/h5-10H,4,11-12H2,1-3H3,(H,18,20). The zero-order valence-corrected chi connectivity index (χ0v) is 15.7. The lowest BCUT2D eigenvalue weighted by molar-refractivity contribution is -0.121. The number of hydrogen-bond acceptors (Lipinski definition) is 4. The Morgan fingerprint density at radius 3 is 2.58 bits per heavy atom. The number of benzene rings is 1. The molecule has 0 aliphatic heterocycles. The maximum Gasteiger partial charge on any atom is 0.243 e. The van der Waals surface area contributed by atoms with Gasteiger partial charge in [0.05, 0.1) is 18.0 Å². The molecule has 0 fully saturated rings. The summed E-state index contributed by atoms with van der Waals surface area (Å²) in [7, 11) is -3.69. The highest BCUT2D eigenvalue weighted by Gasteiger charge is 2.26. The molecule has 2 aromatic rings. The van der Waals surface area contributed by atoms with Crippen molar-refractivity contribution < 1.29 is 13.2 Å². The summed E-state index contributed by atoms with van der Waals surface area (Å²) < 4.78 is 26.8. The molecule has 24 heavy (non-hydrogen) atoms. The van der Waals surface area contributed by atoms with E-state index in [1.807, 2.05) is 30.5 Å². The molecule has 0 aliphatic carbocycles. The molecule has 0 radical (unpaired) electrons. The fourth-order valence-electron chi connectivity index (χ4n) is 2.41. The smallest absolute Gasteiger partial charge is 0.243 e. The average Bonchev–Trinajstić information content (AvgIpc) is 3.03. The van der Waals surface area contributed by atoms with E-state index in [9.17, 15) is 13.2 Å². The highest BCUT2D eigenvalue weighted by atomic mass is 32.2. The Kier molecular flexibility index (Phi) is 6.15. The van der Waals surface area contributed by atoms with Crippen molar-refractivity contribution >= 4 is 27.3 Å². The minimum absolute atomic E-state index is 0.183. The normalized spacial score (nSPS) is 11.7. The van der Waals surface area contributed by atoms with E-state index in [4.69, 9.17) is 0 Å². The Hall–Kier alpha value is -1.70. The molecule has 1 N–H and O–H groups in total. The summed E-state index contributed by atoms with van der Waals surface area (Å²) in [5.41, 5.74) is 1.69. The van der Waals surface area contributed by atoms with Crippen LogP contribution in [0.1, 0.15) is 22.9 Å². The summed E-state index contributed by atoms with van der Waals surface area (Å²) in [4.78, 5) is 13.4. The van der Waals surface area contributed by atoms with E-state index in [0.29, 0.717) is 12.1 Å². The molecule has 2 rings (SSSR count). The second-order valence-corrected chi connectivity index (χ2v) is 8.49. The summed E-state index contributed by atoms with van der Waals surface area (Å²) in [6, 6.07) is 9.04. The number of likely N-dealkylation sites (N-methyl/N-ethyl adjacent to an activating group) is 1. The van der Waals surface area contributed by atoms with Crippen LogP contribution in [0.15, 0.2) is 40.6 Å². The van der Waals surface area contributed by atoms with Gasteiger partial charge in [-0.05, 0) is 36.9 Å². The first kappa shape index (κ1) is 18.6. The van der Waals surface area contributed by atoms with E-state index in [-0.39, 0.29) is 23.9 Å². The lowest BCUT2D eigenvalue weighted by atomic mass is 10.2. The summed E-state index contributed by atoms with van der Waals surface area (Å²) in [5, 5.41) is 4.70. The number of carbonyl (C=O) groups excluding carboxylic acids is 1. The lowest BCUT2D eigenvalue weighted by Gasteiger charge is -2.21. The monoisotopic (exact) mass is 366 g/mol. The van der Waals surface area contributed by atoms with Crippen LogP contribution in [-0.2, 0) is 21.4 Å². The van der Waals surface area contributed by atoms with E-state index in [0.717, 1.165) is 10.4 Å². The molecule has 1 aromatic carbocycles. The SMILES string of the molecule is CCN(CC(=O)NCc1cccs1)S(=O)(=O)c1ccc(C)cc1C. The van der Waals surface area contributed by atoms with Gasteiger partial charge in [-0.1, -0.05) is 30.7 Å². The first-order valence-electron chi connectivity index (χ1n) is 7.71. The molecule has 5 nitrogen and oxygen atoms in total. The van der Waals surface area contributed by atoms with E-state index in [1.165, 1.54) is 4.31 Å². The van der Waals surface area contributed by atoms with Crippen molar-refractivity contribution in [3.63, 3.8) is 0 Å². The molecular weight excluding hydrogens is 344 g/mol. The van der Waals surface area contributed by atoms with Gasteiger partial charge in [-0.15, -0.1) is 11.3 Å². The van der Waals surface area contributed by atoms with Gasteiger partial charge in [-0.2, -0.15) is 4.31 Å². The van der Waals surface area contributed by atoms with Crippen molar-refractivity contribution in [1.82, 2.24) is 9.62 Å². The topological polar surface area (TPSA) is 66.5 Å². The van der Waals surface area contributed by atoms with Crippen molar-refractivity contribution in [2.24, 2.45) is 0 Å². The van der Waals surface area contributed by atoms with Gasteiger partial charge in [-0.3, -0.25) is 4.79 Å². The Bertz CT molecular complexity index is 799. The third kappa shape index (κ3) is 4.43. The van der Waals surface area contributed by atoms with Crippen molar-refractivity contribution in [1.29, 1.82) is 0 Å². The van der Waals surface area contributed by atoms with Crippen molar-refractivity contribution in [2.45, 2.75) is 32.2 Å². The molecule has 7 heteroatoms. The average molecular weight is 367 g/mol. The third-order valence-electron chi connectivity index (χ3n) is 3.66. The predicted octanol–water partition coefficient (Wildman–Crippen LogP) is 2.69. The van der Waals surface area contributed by atoms with Crippen molar-refractivity contribution in [3.8, 4) is 0 Å². The minimum atomic E-state index is -3.69. The van der Waals surface area contributed by atoms with Crippen LogP contribution in [0.3, 0.4) is 0 Å². The van der Waals surface area contributed by atoms with E-state index >= 15 is 0 Å². The lowest BCUT2D eigenvalue weighted by Crippen LogP contribution is -2.40. The summed E-state index contributed by atoms with van der Waals surface area (Å²) in [5.74, 6) is -0.307. The van der Waals surface area contributed by atoms with Crippen LogP contribution in [0.4, 0.5) is 0 Å². The largest absolute Gasteiger partial charge is 0.350 e. The van der Waals surface area contributed by atoms with Gasteiger partial charge in [-0.25, -0.2) is 8.42 Å². The van der Waals surface area contributed by atoms with Crippen LogP contribution in [-0.4, -0.2) is 31.7 Å². The summed E-state index contributed by atoms with van der Waals surface area (Å²) in [6.07, 6.45) is 0. The molecule has 1 heterocycles. The van der Waals surface area contributed by atoms with Crippen molar-refractivity contribution in [2.75, 3.05) is 13.1 Å². The fourth-order valence-corrected chi connectivity index (χ4v) is 4.67. The first-order valence-corrected chi connectivity index (χ1v) is 10.0. The molecular formula is C17H22N2O3S2. The van der Waals surface area contributed by atoms with Crippen LogP contribution < -0.4 is 5.32 Å². The van der Waals surface area contributed by atoms with E-state index in [2.05, 4.69) is 5.32 Å². The molecule has 0 unspecified atom stereocenters. The Morgan fingerprint density at radius 1 is 1.25 bits per heavy atom. The molecule has 0 saturated carbocycles. The highest BCUT2D eigenvalue weighted by molar-refractivity contribution is 7.89. The van der Waals surface area contributed by atoms with Gasteiger partial charge in [0.1, 0.15) is 0 Å². The number of thiophene rings is 1. The number of sulfonamides is 1. The van der Waals surface area contributed by atoms with Crippen LogP contribution in [0.2, 0.25) is 0 Å². The quantitative estimate of drug-likeness (QED) is 0.819. The van der Waals surface area contributed by atoms with Gasteiger partial charge >= 0.3 is 0 Å². The minimum Gasteiger partial charge on any atom is -0.350 e. The van der Waals surface area contributed by atoms with Crippen molar-refractivity contribution in [3.05, 3.63) is 51.7 Å². The van der Waals surface area contributed by atoms with Crippen LogP contribution in [0.25, 0.3) is 0 Å². The van der Waals surface area contributed by atoms with Crippen LogP contribution in [0, 0.1) is 13.8 Å². The Labute approximate surface area is 147 Å². The Balaban J connectivity index is 2.10.